The molecular formula is C17H20FN3. The second-order valence-corrected chi connectivity index (χ2v) is 5.60. The summed E-state index contributed by atoms with van der Waals surface area (Å²) in [5.41, 5.74) is 3.02. The highest BCUT2D eigenvalue weighted by Gasteiger charge is 2.17. The van der Waals surface area contributed by atoms with Crippen LogP contribution < -0.4 is 5.32 Å². The summed E-state index contributed by atoms with van der Waals surface area (Å²) in [6, 6.07) is 6.76. The number of nitrogens with zero attached hydrogens (tertiary/aromatic N) is 2. The predicted molar refractivity (Wildman–Crippen MR) is 81.7 cm³/mol. The van der Waals surface area contributed by atoms with Crippen molar-refractivity contribution in [2.45, 2.75) is 45.1 Å². The zero-order valence-corrected chi connectivity index (χ0v) is 12.3. The van der Waals surface area contributed by atoms with Crippen LogP contribution in [0.5, 0.6) is 0 Å². The maximum atomic E-state index is 13.9. The van der Waals surface area contributed by atoms with Crippen LogP contribution in [0.15, 0.2) is 30.6 Å². The molecule has 0 spiro atoms. The molecule has 1 aromatic carbocycles. The summed E-state index contributed by atoms with van der Waals surface area (Å²) in [6.07, 6.45) is 7.22. The lowest BCUT2D eigenvalue weighted by Crippen LogP contribution is -2.13. The van der Waals surface area contributed by atoms with Gasteiger partial charge in [0.1, 0.15) is 18.0 Å². The quantitative estimate of drug-likeness (QED) is 0.864. The average Bonchev–Trinajstić information content (AvgIpc) is 2.73. The van der Waals surface area contributed by atoms with Crippen LogP contribution in [0.2, 0.25) is 0 Å². The summed E-state index contributed by atoms with van der Waals surface area (Å²) in [7, 11) is 0. The molecule has 1 unspecified atom stereocenters. The van der Waals surface area contributed by atoms with Crippen molar-refractivity contribution in [1.82, 2.24) is 9.97 Å². The van der Waals surface area contributed by atoms with E-state index in [1.807, 2.05) is 19.1 Å². The molecule has 1 N–H and O–H groups in total. The van der Waals surface area contributed by atoms with Gasteiger partial charge in [-0.3, -0.25) is 0 Å². The van der Waals surface area contributed by atoms with Gasteiger partial charge in [0.25, 0.3) is 0 Å². The first kappa shape index (κ1) is 14.0. The van der Waals surface area contributed by atoms with E-state index in [4.69, 9.17) is 0 Å². The van der Waals surface area contributed by atoms with E-state index in [0.717, 1.165) is 24.4 Å². The molecular weight excluding hydrogens is 265 g/mol. The van der Waals surface area contributed by atoms with Gasteiger partial charge < -0.3 is 5.32 Å². The topological polar surface area (TPSA) is 37.8 Å². The fraction of sp³-hybridized carbons (Fsp3) is 0.412. The number of anilines is 1. The molecule has 1 aliphatic carbocycles. The minimum Gasteiger partial charge on any atom is -0.363 e. The molecule has 3 nitrogen and oxygen atoms in total. The van der Waals surface area contributed by atoms with Crippen molar-refractivity contribution in [1.29, 1.82) is 0 Å². The van der Waals surface area contributed by atoms with Crippen LogP contribution in [0.4, 0.5) is 10.2 Å². The maximum Gasteiger partial charge on any atom is 0.133 e. The van der Waals surface area contributed by atoms with Gasteiger partial charge in [-0.05, 0) is 38.7 Å². The monoisotopic (exact) mass is 285 g/mol. The van der Waals surface area contributed by atoms with Crippen LogP contribution in [0.3, 0.4) is 0 Å². The lowest BCUT2D eigenvalue weighted by atomic mass is 10.1. The highest BCUT2D eigenvalue weighted by atomic mass is 19.1. The Morgan fingerprint density at radius 3 is 2.76 bits per heavy atom. The van der Waals surface area contributed by atoms with Crippen molar-refractivity contribution < 1.29 is 4.39 Å². The minimum absolute atomic E-state index is 0.117. The molecule has 0 amide bonds. The summed E-state index contributed by atoms with van der Waals surface area (Å²) in [5, 5.41) is 3.36. The predicted octanol–water partition coefficient (Wildman–Crippen LogP) is 4.06. The van der Waals surface area contributed by atoms with Crippen LogP contribution in [0, 0.1) is 5.82 Å². The maximum absolute atomic E-state index is 13.9. The number of aryl methyl sites for hydroxylation is 1. The average molecular weight is 285 g/mol. The Hall–Kier alpha value is -1.97. The number of halogens is 1. The van der Waals surface area contributed by atoms with Crippen molar-refractivity contribution in [2.75, 3.05) is 5.32 Å². The number of aromatic nitrogens is 2. The molecule has 4 heteroatoms. The molecule has 1 aliphatic rings. The Bertz CT molecular complexity index is 627. The van der Waals surface area contributed by atoms with Crippen LogP contribution in [-0.4, -0.2) is 9.97 Å². The highest BCUT2D eigenvalue weighted by molar-refractivity contribution is 5.48. The van der Waals surface area contributed by atoms with E-state index in [9.17, 15) is 4.39 Å². The standard InChI is InChI=1S/C17H20FN3/c1-12(13-7-5-6-9-15(13)18)21-17-14-8-3-2-4-10-16(14)19-11-20-17/h5-7,9,11-12H,2-4,8,10H2,1H3,(H,19,20,21). The van der Waals surface area contributed by atoms with Crippen molar-refractivity contribution >= 4 is 5.82 Å². The Morgan fingerprint density at radius 2 is 1.90 bits per heavy atom. The van der Waals surface area contributed by atoms with E-state index in [1.54, 1.807) is 12.4 Å². The van der Waals surface area contributed by atoms with Gasteiger partial charge in [0, 0.05) is 16.8 Å². The summed E-state index contributed by atoms with van der Waals surface area (Å²) in [4.78, 5) is 8.80. The number of hydrogen-bond donors (Lipinski definition) is 1. The first-order chi connectivity index (χ1) is 10.3. The first-order valence-electron chi connectivity index (χ1n) is 7.59. The summed E-state index contributed by atoms with van der Waals surface area (Å²) >= 11 is 0. The van der Waals surface area contributed by atoms with Gasteiger partial charge in [-0.25, -0.2) is 14.4 Å². The molecule has 0 bridgehead atoms. The lowest BCUT2D eigenvalue weighted by molar-refractivity contribution is 0.600. The van der Waals surface area contributed by atoms with E-state index in [-0.39, 0.29) is 11.9 Å². The summed E-state index contributed by atoms with van der Waals surface area (Å²) in [6.45, 7) is 1.96. The van der Waals surface area contributed by atoms with Crippen LogP contribution in [0.25, 0.3) is 0 Å². The third-order valence-electron chi connectivity index (χ3n) is 4.10. The second-order valence-electron chi connectivity index (χ2n) is 5.60. The number of nitrogens with one attached hydrogen (secondary N) is 1. The smallest absolute Gasteiger partial charge is 0.133 e. The zero-order valence-electron chi connectivity index (χ0n) is 12.3. The molecule has 0 saturated heterocycles. The normalized spacial score (nSPS) is 15.9. The van der Waals surface area contributed by atoms with Gasteiger partial charge in [0.2, 0.25) is 0 Å². The van der Waals surface area contributed by atoms with Gasteiger partial charge in [-0.15, -0.1) is 0 Å². The number of fused-ring (bicyclic) bond motifs is 1. The molecule has 3 rings (SSSR count). The zero-order chi connectivity index (χ0) is 14.7. The van der Waals surface area contributed by atoms with Crippen molar-refractivity contribution in [2.24, 2.45) is 0 Å². The van der Waals surface area contributed by atoms with Crippen LogP contribution >= 0.6 is 0 Å². The third kappa shape index (κ3) is 3.04. The molecule has 1 atom stereocenters. The highest BCUT2D eigenvalue weighted by Crippen LogP contribution is 2.27. The fourth-order valence-corrected chi connectivity index (χ4v) is 2.93. The molecule has 1 heterocycles. The Balaban J connectivity index is 1.87. The van der Waals surface area contributed by atoms with E-state index < -0.39 is 0 Å². The Kier molecular flexibility index (Phi) is 4.13. The van der Waals surface area contributed by atoms with E-state index in [0.29, 0.717) is 5.56 Å². The largest absolute Gasteiger partial charge is 0.363 e. The molecule has 21 heavy (non-hydrogen) atoms. The molecule has 0 aliphatic heterocycles. The second kappa shape index (κ2) is 6.20. The number of benzene rings is 1. The van der Waals surface area contributed by atoms with Gasteiger partial charge in [0.15, 0.2) is 0 Å². The van der Waals surface area contributed by atoms with Gasteiger partial charge in [-0.1, -0.05) is 24.6 Å². The molecule has 0 saturated carbocycles. The van der Waals surface area contributed by atoms with E-state index in [1.165, 1.54) is 30.9 Å². The number of rotatable bonds is 3. The van der Waals surface area contributed by atoms with Gasteiger partial charge in [-0.2, -0.15) is 0 Å². The van der Waals surface area contributed by atoms with E-state index in [2.05, 4.69) is 15.3 Å². The van der Waals surface area contributed by atoms with Crippen molar-refractivity contribution in [3.8, 4) is 0 Å². The fourth-order valence-electron chi connectivity index (χ4n) is 2.93. The van der Waals surface area contributed by atoms with E-state index >= 15 is 0 Å². The minimum atomic E-state index is -0.183. The van der Waals surface area contributed by atoms with Gasteiger partial charge >= 0.3 is 0 Å². The van der Waals surface area contributed by atoms with Crippen LogP contribution in [-0.2, 0) is 12.8 Å². The van der Waals surface area contributed by atoms with Crippen molar-refractivity contribution in [3.05, 3.63) is 53.2 Å². The van der Waals surface area contributed by atoms with Gasteiger partial charge in [0.05, 0.1) is 6.04 Å². The molecule has 0 fully saturated rings. The molecule has 2 aromatic rings. The van der Waals surface area contributed by atoms with Crippen molar-refractivity contribution in [3.63, 3.8) is 0 Å². The molecule has 110 valence electrons. The molecule has 1 aromatic heterocycles. The SMILES string of the molecule is CC(Nc1ncnc2c1CCCCC2)c1ccccc1F. The lowest BCUT2D eigenvalue weighted by Gasteiger charge is -2.18. The number of hydrogen-bond acceptors (Lipinski definition) is 3. The first-order valence-corrected chi connectivity index (χ1v) is 7.59. The summed E-state index contributed by atoms with van der Waals surface area (Å²) in [5.74, 6) is 0.676. The molecule has 0 radical (unpaired) electrons. The summed E-state index contributed by atoms with van der Waals surface area (Å²) < 4.78 is 13.9. The third-order valence-corrected chi connectivity index (χ3v) is 4.10. The Labute approximate surface area is 124 Å². The Morgan fingerprint density at radius 1 is 1.10 bits per heavy atom. The van der Waals surface area contributed by atoms with Crippen LogP contribution in [0.1, 0.15) is 49.0 Å².